The first kappa shape index (κ1) is 16.3. The minimum absolute atomic E-state index is 0.0958. The Balaban J connectivity index is 1.58. The predicted molar refractivity (Wildman–Crippen MR) is 93.4 cm³/mol. The molecule has 0 spiro atoms. The largest absolute Gasteiger partial charge is 0.339 e. The molecule has 0 saturated carbocycles. The zero-order valence-electron chi connectivity index (χ0n) is 13.0. The van der Waals surface area contributed by atoms with Crippen molar-refractivity contribution in [1.82, 2.24) is 15.1 Å². The lowest BCUT2D eigenvalue weighted by Crippen LogP contribution is -2.13. The Bertz CT molecular complexity index is 849. The van der Waals surface area contributed by atoms with E-state index in [1.54, 1.807) is 18.5 Å². The minimum Gasteiger partial charge on any atom is -0.339 e. The number of nitrogens with zero attached hydrogens (tertiary/aromatic N) is 3. The highest BCUT2D eigenvalue weighted by Gasteiger charge is 2.11. The highest BCUT2D eigenvalue weighted by molar-refractivity contribution is 9.10. The van der Waals surface area contributed by atoms with Crippen LogP contribution in [0.1, 0.15) is 17.9 Å². The van der Waals surface area contributed by atoms with Gasteiger partial charge in [-0.2, -0.15) is 4.98 Å². The van der Waals surface area contributed by atoms with Gasteiger partial charge >= 0.3 is 0 Å². The second-order valence-electron chi connectivity index (χ2n) is 5.26. The molecule has 0 atom stereocenters. The van der Waals surface area contributed by atoms with E-state index in [-0.39, 0.29) is 12.3 Å². The van der Waals surface area contributed by atoms with E-state index >= 15 is 0 Å². The number of carbonyl (C=O) groups excluding carboxylic acids is 1. The Morgan fingerprint density at radius 3 is 2.96 bits per heavy atom. The summed E-state index contributed by atoms with van der Waals surface area (Å²) in [4.78, 5) is 20.4. The van der Waals surface area contributed by atoms with Gasteiger partial charge < -0.3 is 9.84 Å². The highest BCUT2D eigenvalue weighted by Crippen LogP contribution is 2.20. The van der Waals surface area contributed by atoms with Gasteiger partial charge in [-0.25, -0.2) is 0 Å². The second-order valence-corrected chi connectivity index (χ2v) is 6.18. The molecule has 0 aliphatic carbocycles. The summed E-state index contributed by atoms with van der Waals surface area (Å²) in [5.41, 5.74) is 2.57. The molecule has 0 bridgehead atoms. The number of carbonyl (C=O) groups is 1. The van der Waals surface area contributed by atoms with Gasteiger partial charge in [0, 0.05) is 41.0 Å². The van der Waals surface area contributed by atoms with Gasteiger partial charge in [-0.1, -0.05) is 21.1 Å². The third-order valence-electron chi connectivity index (χ3n) is 3.42. The first-order valence-electron chi connectivity index (χ1n) is 7.41. The Labute approximate surface area is 147 Å². The van der Waals surface area contributed by atoms with Crippen LogP contribution in [0.2, 0.25) is 0 Å². The van der Waals surface area contributed by atoms with Crippen molar-refractivity contribution in [2.45, 2.75) is 19.8 Å². The van der Waals surface area contributed by atoms with Crippen molar-refractivity contribution < 1.29 is 9.32 Å². The van der Waals surface area contributed by atoms with E-state index in [9.17, 15) is 4.79 Å². The molecule has 0 aliphatic heterocycles. The van der Waals surface area contributed by atoms with Crippen molar-refractivity contribution in [2.75, 3.05) is 5.32 Å². The van der Waals surface area contributed by atoms with Crippen LogP contribution >= 0.6 is 15.9 Å². The van der Waals surface area contributed by atoms with Gasteiger partial charge in [-0.3, -0.25) is 9.78 Å². The van der Waals surface area contributed by atoms with Crippen LogP contribution in [0.3, 0.4) is 0 Å². The smallest absolute Gasteiger partial charge is 0.227 e. The molecule has 3 aromatic rings. The zero-order valence-corrected chi connectivity index (χ0v) is 14.6. The number of hydrogen-bond acceptors (Lipinski definition) is 5. The van der Waals surface area contributed by atoms with Crippen molar-refractivity contribution in [2.24, 2.45) is 0 Å². The third kappa shape index (κ3) is 4.05. The third-order valence-corrected chi connectivity index (χ3v) is 3.91. The normalized spacial score (nSPS) is 10.6. The molecule has 6 nitrogen and oxygen atoms in total. The lowest BCUT2D eigenvalue weighted by Gasteiger charge is -2.07. The molecule has 0 fully saturated rings. The van der Waals surface area contributed by atoms with Crippen LogP contribution in [0.5, 0.6) is 0 Å². The standard InChI is InChI=1S/C17H15BrN4O2/c1-11-9-13(18)4-5-14(11)20-15(23)6-7-16-21-17(22-24-16)12-3-2-8-19-10-12/h2-5,8-10H,6-7H2,1H3,(H,20,23). The molecule has 122 valence electrons. The first-order chi connectivity index (χ1) is 11.6. The van der Waals surface area contributed by atoms with Crippen LogP contribution in [0, 0.1) is 6.92 Å². The molecule has 24 heavy (non-hydrogen) atoms. The van der Waals surface area contributed by atoms with Crippen LogP contribution in [0.15, 0.2) is 51.7 Å². The molecule has 0 unspecified atom stereocenters. The second kappa shape index (κ2) is 7.35. The van der Waals surface area contributed by atoms with Gasteiger partial charge in [0.05, 0.1) is 0 Å². The number of aryl methyl sites for hydroxylation is 2. The molecule has 1 amide bonds. The number of nitrogens with one attached hydrogen (secondary N) is 1. The first-order valence-corrected chi connectivity index (χ1v) is 8.20. The lowest BCUT2D eigenvalue weighted by molar-refractivity contribution is -0.116. The Morgan fingerprint density at radius 1 is 1.33 bits per heavy atom. The van der Waals surface area contributed by atoms with Gasteiger partial charge in [0.2, 0.25) is 17.6 Å². The number of rotatable bonds is 5. The summed E-state index contributed by atoms with van der Waals surface area (Å²) in [6.07, 6.45) is 4.00. The van der Waals surface area contributed by atoms with Crippen LogP contribution in [0.25, 0.3) is 11.4 Å². The average Bonchev–Trinajstić information content (AvgIpc) is 3.05. The summed E-state index contributed by atoms with van der Waals surface area (Å²) in [7, 11) is 0. The molecule has 0 radical (unpaired) electrons. The summed E-state index contributed by atoms with van der Waals surface area (Å²) in [6, 6.07) is 9.36. The van der Waals surface area contributed by atoms with Crippen molar-refractivity contribution in [3.8, 4) is 11.4 Å². The van der Waals surface area contributed by atoms with Crippen molar-refractivity contribution >= 4 is 27.5 Å². The number of pyridine rings is 1. The van der Waals surface area contributed by atoms with E-state index < -0.39 is 0 Å². The van der Waals surface area contributed by atoms with E-state index in [4.69, 9.17) is 4.52 Å². The quantitative estimate of drug-likeness (QED) is 0.721. The maximum absolute atomic E-state index is 12.1. The summed E-state index contributed by atoms with van der Waals surface area (Å²) in [6.45, 7) is 1.94. The van der Waals surface area contributed by atoms with Crippen LogP contribution in [-0.2, 0) is 11.2 Å². The number of aromatic nitrogens is 3. The molecule has 2 heterocycles. The van der Waals surface area contributed by atoms with Gasteiger partial charge in [0.15, 0.2) is 0 Å². The number of anilines is 1. The van der Waals surface area contributed by atoms with Crippen molar-refractivity contribution in [1.29, 1.82) is 0 Å². The van der Waals surface area contributed by atoms with E-state index in [0.29, 0.717) is 18.1 Å². The fourth-order valence-corrected chi connectivity index (χ4v) is 2.64. The Morgan fingerprint density at radius 2 is 2.21 bits per heavy atom. The predicted octanol–water partition coefficient (Wildman–Crippen LogP) is 3.77. The molecule has 2 aromatic heterocycles. The van der Waals surface area contributed by atoms with E-state index in [2.05, 4.69) is 36.4 Å². The summed E-state index contributed by atoms with van der Waals surface area (Å²) in [5.74, 6) is 0.806. The van der Waals surface area contributed by atoms with E-state index in [1.807, 2.05) is 31.2 Å². The van der Waals surface area contributed by atoms with Crippen LogP contribution in [-0.4, -0.2) is 21.0 Å². The van der Waals surface area contributed by atoms with E-state index in [0.717, 1.165) is 21.3 Å². The molecule has 7 heteroatoms. The Kier molecular flexibility index (Phi) is 5.00. The summed E-state index contributed by atoms with van der Waals surface area (Å²) < 4.78 is 6.16. The number of halogens is 1. The highest BCUT2D eigenvalue weighted by atomic mass is 79.9. The molecule has 0 aliphatic rings. The number of amides is 1. The lowest BCUT2D eigenvalue weighted by atomic mass is 10.2. The van der Waals surface area contributed by atoms with Gasteiger partial charge in [-0.05, 0) is 42.8 Å². The molecule has 1 aromatic carbocycles. The maximum atomic E-state index is 12.1. The monoisotopic (exact) mass is 386 g/mol. The average molecular weight is 387 g/mol. The molecule has 3 rings (SSSR count). The van der Waals surface area contributed by atoms with Crippen LogP contribution in [0.4, 0.5) is 5.69 Å². The van der Waals surface area contributed by atoms with Gasteiger partial charge in [0.1, 0.15) is 0 Å². The molecular formula is C17H15BrN4O2. The summed E-state index contributed by atoms with van der Waals surface area (Å²) in [5, 5.41) is 6.80. The molecular weight excluding hydrogens is 372 g/mol. The number of benzene rings is 1. The summed E-state index contributed by atoms with van der Waals surface area (Å²) >= 11 is 3.40. The van der Waals surface area contributed by atoms with Crippen LogP contribution < -0.4 is 5.32 Å². The minimum atomic E-state index is -0.0958. The van der Waals surface area contributed by atoms with Crippen molar-refractivity contribution in [3.63, 3.8) is 0 Å². The molecule has 1 N–H and O–H groups in total. The van der Waals surface area contributed by atoms with Crippen molar-refractivity contribution in [3.05, 3.63) is 58.7 Å². The van der Waals surface area contributed by atoms with Gasteiger partial charge in [0.25, 0.3) is 0 Å². The fourth-order valence-electron chi connectivity index (χ4n) is 2.17. The van der Waals surface area contributed by atoms with E-state index in [1.165, 1.54) is 0 Å². The molecule has 0 saturated heterocycles. The SMILES string of the molecule is Cc1cc(Br)ccc1NC(=O)CCc1nc(-c2cccnc2)no1. The number of hydrogen-bond donors (Lipinski definition) is 1. The topological polar surface area (TPSA) is 80.9 Å². The zero-order chi connectivity index (χ0) is 16.9. The maximum Gasteiger partial charge on any atom is 0.227 e. The van der Waals surface area contributed by atoms with Gasteiger partial charge in [-0.15, -0.1) is 0 Å². The fraction of sp³-hybridized carbons (Fsp3) is 0.176. The Hall–Kier alpha value is -2.54.